The van der Waals surface area contributed by atoms with Gasteiger partial charge < -0.3 is 5.32 Å². The van der Waals surface area contributed by atoms with Gasteiger partial charge in [0.15, 0.2) is 0 Å². The highest BCUT2D eigenvalue weighted by atomic mass is 35.5. The number of hydrogen-bond donors (Lipinski definition) is 1. The fourth-order valence-electron chi connectivity index (χ4n) is 1.12. The van der Waals surface area contributed by atoms with E-state index >= 15 is 0 Å². The molecule has 1 heterocycles. The van der Waals surface area contributed by atoms with E-state index in [9.17, 15) is 0 Å². The molecule has 1 nitrogen and oxygen atoms in total. The third-order valence-electron chi connectivity index (χ3n) is 2.40. The summed E-state index contributed by atoms with van der Waals surface area (Å²) in [4.78, 5) is 0. The van der Waals surface area contributed by atoms with E-state index < -0.39 is 0 Å². The fourth-order valence-corrected chi connectivity index (χ4v) is 2.05. The van der Waals surface area contributed by atoms with Crippen LogP contribution in [-0.4, -0.2) is 5.54 Å². The molecule has 1 aromatic heterocycles. The lowest BCUT2D eigenvalue weighted by Gasteiger charge is -2.09. The molecule has 1 fully saturated rings. The van der Waals surface area contributed by atoms with Gasteiger partial charge in [0.2, 0.25) is 0 Å². The summed E-state index contributed by atoms with van der Waals surface area (Å²) in [5.74, 6) is 0. The zero-order valence-corrected chi connectivity index (χ0v) is 8.63. The van der Waals surface area contributed by atoms with E-state index in [0.29, 0.717) is 5.54 Å². The van der Waals surface area contributed by atoms with Crippen molar-refractivity contribution < 1.29 is 0 Å². The van der Waals surface area contributed by atoms with E-state index in [1.165, 1.54) is 18.4 Å². The number of nitrogens with one attached hydrogen (secondary N) is 1. The zero-order chi connectivity index (χ0) is 8.60. The van der Waals surface area contributed by atoms with Gasteiger partial charge in [-0.05, 0) is 36.8 Å². The van der Waals surface area contributed by atoms with Gasteiger partial charge in [0, 0.05) is 12.1 Å². The number of hydrogen-bond acceptors (Lipinski definition) is 2. The van der Waals surface area contributed by atoms with E-state index in [2.05, 4.69) is 18.3 Å². The second kappa shape index (κ2) is 3.02. The molecular formula is C9H12ClNS. The van der Waals surface area contributed by atoms with E-state index in [4.69, 9.17) is 11.6 Å². The minimum absolute atomic E-state index is 0.408. The van der Waals surface area contributed by atoms with Crippen LogP contribution in [0.15, 0.2) is 11.4 Å². The second-order valence-electron chi connectivity index (χ2n) is 3.63. The molecule has 0 bridgehead atoms. The van der Waals surface area contributed by atoms with Gasteiger partial charge in [0.25, 0.3) is 0 Å². The highest BCUT2D eigenvalue weighted by Gasteiger charge is 2.36. The lowest BCUT2D eigenvalue weighted by molar-refractivity contribution is 0.538. The molecule has 0 spiro atoms. The predicted octanol–water partition coefficient (Wildman–Crippen LogP) is 3.04. The normalized spacial score (nSPS) is 19.5. The van der Waals surface area contributed by atoms with E-state index in [1.807, 2.05) is 5.38 Å². The van der Waals surface area contributed by atoms with Crippen LogP contribution in [0.5, 0.6) is 0 Å². The molecule has 66 valence electrons. The maximum Gasteiger partial charge on any atom is 0.0973 e. The fraction of sp³-hybridized carbons (Fsp3) is 0.556. The van der Waals surface area contributed by atoms with Crippen molar-refractivity contribution in [2.45, 2.75) is 31.8 Å². The molecule has 1 aliphatic rings. The smallest absolute Gasteiger partial charge is 0.0973 e. The second-order valence-corrected chi connectivity index (χ2v) is 5.15. The molecule has 1 N–H and O–H groups in total. The topological polar surface area (TPSA) is 12.0 Å². The van der Waals surface area contributed by atoms with Crippen LogP contribution in [0.4, 0.5) is 0 Å². The molecule has 1 aromatic rings. The van der Waals surface area contributed by atoms with E-state index in [1.54, 1.807) is 11.3 Å². The Morgan fingerprint density at radius 3 is 2.92 bits per heavy atom. The first kappa shape index (κ1) is 8.54. The molecule has 0 atom stereocenters. The number of thiophene rings is 1. The van der Waals surface area contributed by atoms with Gasteiger partial charge in [0.1, 0.15) is 0 Å². The largest absolute Gasteiger partial charge is 0.307 e. The van der Waals surface area contributed by atoms with Gasteiger partial charge >= 0.3 is 0 Å². The summed E-state index contributed by atoms with van der Waals surface area (Å²) in [7, 11) is 0. The highest BCUT2D eigenvalue weighted by molar-refractivity contribution is 7.14. The zero-order valence-electron chi connectivity index (χ0n) is 7.06. The molecule has 3 heteroatoms. The Morgan fingerprint density at radius 1 is 1.67 bits per heavy atom. The summed E-state index contributed by atoms with van der Waals surface area (Å²) in [5, 5.41) is 5.53. The molecule has 0 radical (unpaired) electrons. The van der Waals surface area contributed by atoms with Crippen LogP contribution in [0.2, 0.25) is 4.34 Å². The van der Waals surface area contributed by atoms with Gasteiger partial charge in [-0.1, -0.05) is 11.6 Å². The van der Waals surface area contributed by atoms with Crippen molar-refractivity contribution in [2.75, 3.05) is 0 Å². The monoisotopic (exact) mass is 201 g/mol. The summed E-state index contributed by atoms with van der Waals surface area (Å²) >= 11 is 7.57. The molecule has 0 unspecified atom stereocenters. The van der Waals surface area contributed by atoms with Crippen LogP contribution in [0.25, 0.3) is 0 Å². The van der Waals surface area contributed by atoms with Crippen molar-refractivity contribution >= 4 is 22.9 Å². The van der Waals surface area contributed by atoms with Crippen molar-refractivity contribution in [3.63, 3.8) is 0 Å². The van der Waals surface area contributed by atoms with E-state index in [0.717, 1.165) is 10.9 Å². The summed E-state index contributed by atoms with van der Waals surface area (Å²) in [6, 6.07) is 2.09. The first-order valence-corrected chi connectivity index (χ1v) is 5.42. The first-order valence-electron chi connectivity index (χ1n) is 4.17. The molecule has 12 heavy (non-hydrogen) atoms. The summed E-state index contributed by atoms with van der Waals surface area (Å²) in [6.45, 7) is 3.17. The Kier molecular flexibility index (Phi) is 2.15. The van der Waals surface area contributed by atoms with Crippen LogP contribution in [0.1, 0.15) is 25.3 Å². The molecule has 1 aliphatic carbocycles. The highest BCUT2D eigenvalue weighted by Crippen LogP contribution is 2.35. The lowest BCUT2D eigenvalue weighted by Crippen LogP contribution is -2.26. The molecule has 1 saturated carbocycles. The summed E-state index contributed by atoms with van der Waals surface area (Å²) in [5.41, 5.74) is 1.64. The third kappa shape index (κ3) is 1.82. The van der Waals surface area contributed by atoms with Crippen molar-refractivity contribution in [2.24, 2.45) is 0 Å². The van der Waals surface area contributed by atoms with Gasteiger partial charge in [-0.15, -0.1) is 11.3 Å². The molecule has 0 saturated heterocycles. The summed E-state index contributed by atoms with van der Waals surface area (Å²) in [6.07, 6.45) is 2.60. The average molecular weight is 202 g/mol. The van der Waals surface area contributed by atoms with Gasteiger partial charge in [-0.2, -0.15) is 0 Å². The lowest BCUT2D eigenvalue weighted by atomic mass is 10.3. The molecule has 0 amide bonds. The molecular weight excluding hydrogens is 190 g/mol. The van der Waals surface area contributed by atoms with Gasteiger partial charge in [-0.25, -0.2) is 0 Å². The van der Waals surface area contributed by atoms with Crippen LogP contribution >= 0.6 is 22.9 Å². The maximum absolute atomic E-state index is 5.97. The Hall–Kier alpha value is -0.0500. The van der Waals surface area contributed by atoms with Crippen molar-refractivity contribution in [1.29, 1.82) is 0 Å². The first-order chi connectivity index (χ1) is 5.70. The Labute approximate surface area is 81.7 Å². The Morgan fingerprint density at radius 2 is 2.42 bits per heavy atom. The SMILES string of the molecule is CC1(NCc2ccsc2Cl)CC1. The van der Waals surface area contributed by atoms with Gasteiger partial charge in [-0.3, -0.25) is 0 Å². The minimum Gasteiger partial charge on any atom is -0.307 e. The van der Waals surface area contributed by atoms with Crippen molar-refractivity contribution in [3.8, 4) is 0 Å². The van der Waals surface area contributed by atoms with Crippen LogP contribution in [0.3, 0.4) is 0 Å². The van der Waals surface area contributed by atoms with Crippen LogP contribution in [-0.2, 0) is 6.54 Å². The molecule has 0 aromatic carbocycles. The Bertz CT molecular complexity index is 278. The number of halogens is 1. The standard InChI is InChI=1S/C9H12ClNS/c1-9(3-4-9)11-6-7-2-5-12-8(7)10/h2,5,11H,3-4,6H2,1H3. The molecule has 0 aliphatic heterocycles. The quantitative estimate of drug-likeness (QED) is 0.793. The van der Waals surface area contributed by atoms with E-state index in [-0.39, 0.29) is 0 Å². The number of rotatable bonds is 3. The van der Waals surface area contributed by atoms with Crippen LogP contribution in [0, 0.1) is 0 Å². The van der Waals surface area contributed by atoms with Crippen LogP contribution < -0.4 is 5.32 Å². The van der Waals surface area contributed by atoms with Gasteiger partial charge in [0.05, 0.1) is 4.34 Å². The average Bonchev–Trinajstić information content (AvgIpc) is 2.61. The Balaban J connectivity index is 1.91. The summed E-state index contributed by atoms with van der Waals surface area (Å²) < 4.78 is 0.923. The van der Waals surface area contributed by atoms with Crippen molar-refractivity contribution in [1.82, 2.24) is 5.32 Å². The van der Waals surface area contributed by atoms with Crippen molar-refractivity contribution in [3.05, 3.63) is 21.3 Å². The third-order valence-corrected chi connectivity index (χ3v) is 3.65. The molecule has 2 rings (SSSR count). The maximum atomic E-state index is 5.97. The predicted molar refractivity (Wildman–Crippen MR) is 53.8 cm³/mol. The minimum atomic E-state index is 0.408.